The fourth-order valence-electron chi connectivity index (χ4n) is 2.58. The fourth-order valence-corrected chi connectivity index (χ4v) is 3.00. The molecule has 0 atom stereocenters. The number of nitrogens with zero attached hydrogens (tertiary/aromatic N) is 3. The number of nitrogens with one attached hydrogen (secondary N) is 2. The molecular weight excluding hydrogens is 417 g/mol. The van der Waals surface area contributed by atoms with Crippen LogP contribution < -0.4 is 10.6 Å². The third-order valence-electron chi connectivity index (χ3n) is 3.89. The lowest BCUT2D eigenvalue weighted by atomic mass is 9.98. The highest BCUT2D eigenvalue weighted by atomic mass is 79.9. The molecule has 2 N–H and O–H groups in total. The molecule has 0 aliphatic carbocycles. The number of aromatic nitrogens is 3. The molecule has 1 saturated heterocycles. The monoisotopic (exact) mass is 433 g/mol. The summed E-state index contributed by atoms with van der Waals surface area (Å²) < 4.78 is 2.36. The van der Waals surface area contributed by atoms with Gasteiger partial charge in [0.2, 0.25) is 5.95 Å². The lowest BCUT2D eigenvalue weighted by molar-refractivity contribution is 0.102. The van der Waals surface area contributed by atoms with Gasteiger partial charge in [-0.3, -0.25) is 10.1 Å². The van der Waals surface area contributed by atoms with Crippen molar-refractivity contribution in [2.75, 3.05) is 18.4 Å². The zero-order valence-corrected chi connectivity index (χ0v) is 16.2. The molecule has 2 aromatic rings. The first kappa shape index (κ1) is 19.2. The lowest BCUT2D eigenvalue weighted by Crippen LogP contribution is -2.27. The van der Waals surface area contributed by atoms with Gasteiger partial charge in [0.1, 0.15) is 0 Å². The Morgan fingerprint density at radius 3 is 2.79 bits per heavy atom. The van der Waals surface area contributed by atoms with Gasteiger partial charge in [0.05, 0.1) is 5.02 Å². The van der Waals surface area contributed by atoms with Crippen LogP contribution in [-0.4, -0.2) is 33.8 Å². The number of anilines is 1. The number of rotatable bonds is 3. The summed E-state index contributed by atoms with van der Waals surface area (Å²) in [6.07, 6.45) is 2.03. The Bertz CT molecular complexity index is 731. The predicted octanol–water partition coefficient (Wildman–Crippen LogP) is 3.37. The van der Waals surface area contributed by atoms with E-state index in [1.807, 2.05) is 0 Å². The molecule has 6 nitrogen and oxygen atoms in total. The fraction of sp³-hybridized carbons (Fsp3) is 0.400. The number of aryl methyl sites for hydroxylation is 1. The van der Waals surface area contributed by atoms with Crippen molar-refractivity contribution >= 4 is 51.8 Å². The second kappa shape index (κ2) is 8.29. The highest BCUT2D eigenvalue weighted by Gasteiger charge is 2.21. The number of hydrogen-bond donors (Lipinski definition) is 2. The molecule has 1 aliphatic rings. The van der Waals surface area contributed by atoms with E-state index in [0.29, 0.717) is 22.5 Å². The second-order valence-electron chi connectivity index (χ2n) is 5.52. The molecule has 1 amide bonds. The highest BCUT2D eigenvalue weighted by Crippen LogP contribution is 2.25. The van der Waals surface area contributed by atoms with Gasteiger partial charge in [-0.05, 0) is 60.1 Å². The van der Waals surface area contributed by atoms with Crippen LogP contribution in [0.1, 0.15) is 34.9 Å². The van der Waals surface area contributed by atoms with Crippen molar-refractivity contribution in [3.05, 3.63) is 39.1 Å². The van der Waals surface area contributed by atoms with Crippen LogP contribution in [0.15, 0.2) is 22.7 Å². The molecular formula is C15H18BrCl2N5O. The first-order chi connectivity index (χ1) is 11.0. The minimum Gasteiger partial charge on any atom is -0.317 e. The predicted molar refractivity (Wildman–Crippen MR) is 100 cm³/mol. The molecule has 3 rings (SSSR count). The lowest BCUT2D eigenvalue weighted by Gasteiger charge is -2.19. The maximum Gasteiger partial charge on any atom is 0.258 e. The molecule has 9 heteroatoms. The summed E-state index contributed by atoms with van der Waals surface area (Å²) in [5.41, 5.74) is 0.476. The summed E-state index contributed by atoms with van der Waals surface area (Å²) in [6.45, 7) is 1.95. The third kappa shape index (κ3) is 4.27. The number of hydrogen-bond acceptors (Lipinski definition) is 4. The zero-order valence-electron chi connectivity index (χ0n) is 13.1. The Balaban J connectivity index is 0.00000208. The minimum atomic E-state index is -0.258. The van der Waals surface area contributed by atoms with Gasteiger partial charge in [0, 0.05) is 23.0 Å². The Kier molecular flexibility index (Phi) is 6.62. The van der Waals surface area contributed by atoms with Crippen molar-refractivity contribution in [1.82, 2.24) is 20.1 Å². The molecule has 0 saturated carbocycles. The van der Waals surface area contributed by atoms with Crippen molar-refractivity contribution in [1.29, 1.82) is 0 Å². The van der Waals surface area contributed by atoms with Crippen molar-refractivity contribution in [3.63, 3.8) is 0 Å². The van der Waals surface area contributed by atoms with Gasteiger partial charge < -0.3 is 5.32 Å². The van der Waals surface area contributed by atoms with E-state index in [0.717, 1.165) is 36.2 Å². The van der Waals surface area contributed by atoms with Crippen LogP contribution >= 0.6 is 39.9 Å². The van der Waals surface area contributed by atoms with Crippen LogP contribution in [0, 0.1) is 0 Å². The molecule has 1 fully saturated rings. The van der Waals surface area contributed by atoms with E-state index < -0.39 is 0 Å². The number of amides is 1. The normalized spacial score (nSPS) is 15.0. The van der Waals surface area contributed by atoms with Gasteiger partial charge in [0.25, 0.3) is 5.91 Å². The molecule has 0 spiro atoms. The van der Waals surface area contributed by atoms with Gasteiger partial charge >= 0.3 is 0 Å². The first-order valence-corrected chi connectivity index (χ1v) is 8.60. The number of piperidine rings is 1. The van der Waals surface area contributed by atoms with Gasteiger partial charge in [-0.15, -0.1) is 12.4 Å². The Morgan fingerprint density at radius 1 is 1.42 bits per heavy atom. The Hall–Kier alpha value is -1.15. The number of benzene rings is 1. The largest absolute Gasteiger partial charge is 0.317 e. The maximum absolute atomic E-state index is 12.3. The zero-order chi connectivity index (χ0) is 16.4. The van der Waals surface area contributed by atoms with E-state index in [9.17, 15) is 4.79 Å². The van der Waals surface area contributed by atoms with Crippen molar-refractivity contribution in [3.8, 4) is 0 Å². The van der Waals surface area contributed by atoms with E-state index in [-0.39, 0.29) is 18.3 Å². The van der Waals surface area contributed by atoms with Crippen LogP contribution in [0.25, 0.3) is 0 Å². The summed E-state index contributed by atoms with van der Waals surface area (Å²) in [4.78, 5) is 16.8. The highest BCUT2D eigenvalue weighted by molar-refractivity contribution is 9.10. The SMILES string of the molecule is Cl.Cn1nc(C2CCNCC2)nc1NC(=O)c1ccc(Br)c(Cl)c1. The van der Waals surface area contributed by atoms with Crippen LogP contribution in [0.4, 0.5) is 5.95 Å². The third-order valence-corrected chi connectivity index (χ3v) is 5.12. The summed E-state index contributed by atoms with van der Waals surface area (Å²) in [7, 11) is 1.78. The van der Waals surface area contributed by atoms with Gasteiger partial charge in [-0.25, -0.2) is 4.68 Å². The van der Waals surface area contributed by atoms with Gasteiger partial charge in [0.15, 0.2) is 5.82 Å². The van der Waals surface area contributed by atoms with E-state index in [2.05, 4.69) is 36.6 Å². The van der Waals surface area contributed by atoms with Crippen molar-refractivity contribution in [2.24, 2.45) is 7.05 Å². The molecule has 0 bridgehead atoms. The quantitative estimate of drug-likeness (QED) is 0.776. The molecule has 1 aliphatic heterocycles. The molecule has 24 heavy (non-hydrogen) atoms. The topological polar surface area (TPSA) is 71.8 Å². The first-order valence-electron chi connectivity index (χ1n) is 7.42. The molecule has 2 heterocycles. The smallest absolute Gasteiger partial charge is 0.258 e. The van der Waals surface area contributed by atoms with Gasteiger partial charge in [-0.2, -0.15) is 10.1 Å². The number of halogens is 3. The van der Waals surface area contributed by atoms with Crippen molar-refractivity contribution in [2.45, 2.75) is 18.8 Å². The Morgan fingerprint density at radius 2 is 2.12 bits per heavy atom. The number of carbonyl (C=O) groups is 1. The molecule has 0 unspecified atom stereocenters. The molecule has 130 valence electrons. The molecule has 0 radical (unpaired) electrons. The van der Waals surface area contributed by atoms with E-state index in [4.69, 9.17) is 11.6 Å². The molecule has 1 aromatic carbocycles. The maximum atomic E-state index is 12.3. The second-order valence-corrected chi connectivity index (χ2v) is 6.79. The van der Waals surface area contributed by atoms with Gasteiger partial charge in [-0.1, -0.05) is 11.6 Å². The molecule has 1 aromatic heterocycles. The Labute approximate surface area is 159 Å². The van der Waals surface area contributed by atoms with E-state index in [1.165, 1.54) is 0 Å². The van der Waals surface area contributed by atoms with Crippen LogP contribution in [0.2, 0.25) is 5.02 Å². The minimum absolute atomic E-state index is 0. The van der Waals surface area contributed by atoms with Crippen LogP contribution in [0.5, 0.6) is 0 Å². The van der Waals surface area contributed by atoms with E-state index in [1.54, 1.807) is 29.9 Å². The van der Waals surface area contributed by atoms with Crippen molar-refractivity contribution < 1.29 is 4.79 Å². The summed E-state index contributed by atoms with van der Waals surface area (Å²) >= 11 is 9.34. The average molecular weight is 435 g/mol. The summed E-state index contributed by atoms with van der Waals surface area (Å²) in [5, 5.41) is 11.0. The van der Waals surface area contributed by atoms with Crippen LogP contribution in [0.3, 0.4) is 0 Å². The average Bonchev–Trinajstić information content (AvgIpc) is 2.92. The van der Waals surface area contributed by atoms with E-state index >= 15 is 0 Å². The van der Waals surface area contributed by atoms with Crippen LogP contribution in [-0.2, 0) is 7.05 Å². The standard InChI is InChI=1S/C15H17BrClN5O.ClH/c1-22-15(19-13(21-22)9-4-6-18-7-5-9)20-14(23)10-2-3-11(16)12(17)8-10;/h2-3,8-9,18H,4-7H2,1H3,(H,19,20,21,23);1H. The summed E-state index contributed by atoms with van der Waals surface area (Å²) in [6, 6.07) is 5.06. The summed E-state index contributed by atoms with van der Waals surface area (Å²) in [5.74, 6) is 1.32. The number of carbonyl (C=O) groups excluding carboxylic acids is 1.